The van der Waals surface area contributed by atoms with E-state index >= 15 is 0 Å². The van der Waals surface area contributed by atoms with Crippen LogP contribution in [0.2, 0.25) is 0 Å². The molecule has 0 amide bonds. The second kappa shape index (κ2) is 6.74. The van der Waals surface area contributed by atoms with E-state index in [0.29, 0.717) is 5.92 Å². The van der Waals surface area contributed by atoms with Gasteiger partial charge in [0.25, 0.3) is 0 Å². The molecule has 2 aromatic rings. The summed E-state index contributed by atoms with van der Waals surface area (Å²) in [5.41, 5.74) is 2.37. The van der Waals surface area contributed by atoms with Crippen LogP contribution in [0.4, 0.5) is 0 Å². The van der Waals surface area contributed by atoms with Gasteiger partial charge in [0.1, 0.15) is 5.60 Å². The summed E-state index contributed by atoms with van der Waals surface area (Å²) >= 11 is 0. The molecule has 5 rings (SSSR count). The van der Waals surface area contributed by atoms with Crippen molar-refractivity contribution in [1.82, 2.24) is 14.7 Å². The highest BCUT2D eigenvalue weighted by Gasteiger charge is 2.56. The Morgan fingerprint density at radius 1 is 1.28 bits per heavy atom. The molecule has 4 heterocycles. The van der Waals surface area contributed by atoms with E-state index in [-0.39, 0.29) is 17.1 Å². The van der Waals surface area contributed by atoms with Crippen molar-refractivity contribution in [2.24, 2.45) is 11.3 Å². The summed E-state index contributed by atoms with van der Waals surface area (Å²) in [7, 11) is 1.70. The molecular formula is C23H31N3O3. The van der Waals surface area contributed by atoms with E-state index in [1.54, 1.807) is 7.11 Å². The number of aromatic nitrogens is 2. The molecule has 0 N–H and O–H groups in total. The third-order valence-corrected chi connectivity index (χ3v) is 6.92. The summed E-state index contributed by atoms with van der Waals surface area (Å²) < 4.78 is 20.6. The van der Waals surface area contributed by atoms with Gasteiger partial charge >= 0.3 is 0 Å². The Morgan fingerprint density at radius 2 is 2.10 bits per heavy atom. The lowest BCUT2D eigenvalue weighted by atomic mass is 9.64. The SMILES string of the molecule is CCn1cc(CN2CC3(CO[C@@H]4c5cccc(OC)c5OC(C)(C)[C@H]4C3)C2)cn1. The van der Waals surface area contributed by atoms with Crippen LogP contribution in [0.1, 0.15) is 44.4 Å². The molecule has 3 aliphatic rings. The molecule has 0 aliphatic carbocycles. The highest BCUT2D eigenvalue weighted by atomic mass is 16.5. The molecule has 0 saturated carbocycles. The first-order valence-electron chi connectivity index (χ1n) is 10.6. The van der Waals surface area contributed by atoms with Crippen molar-refractivity contribution in [3.8, 4) is 11.5 Å². The average molecular weight is 398 g/mol. The predicted molar refractivity (Wildman–Crippen MR) is 110 cm³/mol. The summed E-state index contributed by atoms with van der Waals surface area (Å²) in [4.78, 5) is 2.51. The lowest BCUT2D eigenvalue weighted by molar-refractivity contribution is -0.200. The lowest BCUT2D eigenvalue weighted by Crippen LogP contribution is -2.63. The van der Waals surface area contributed by atoms with Crippen molar-refractivity contribution in [1.29, 1.82) is 0 Å². The Hall–Kier alpha value is -2.05. The second-order valence-electron chi connectivity index (χ2n) is 9.48. The van der Waals surface area contributed by atoms with Crippen LogP contribution in [-0.2, 0) is 17.8 Å². The van der Waals surface area contributed by atoms with Crippen molar-refractivity contribution in [3.05, 3.63) is 41.7 Å². The fraction of sp³-hybridized carbons (Fsp3) is 0.609. The topological polar surface area (TPSA) is 48.8 Å². The first kappa shape index (κ1) is 18.9. The van der Waals surface area contributed by atoms with Gasteiger partial charge in [-0.25, -0.2) is 0 Å². The Bertz CT molecular complexity index is 901. The number of para-hydroxylation sites is 1. The van der Waals surface area contributed by atoms with Crippen LogP contribution < -0.4 is 9.47 Å². The van der Waals surface area contributed by atoms with Gasteiger partial charge in [0, 0.05) is 54.8 Å². The van der Waals surface area contributed by atoms with Crippen LogP contribution in [0.3, 0.4) is 0 Å². The van der Waals surface area contributed by atoms with Gasteiger partial charge in [0.15, 0.2) is 11.5 Å². The number of hydrogen-bond acceptors (Lipinski definition) is 5. The summed E-state index contributed by atoms with van der Waals surface area (Å²) in [6.45, 7) is 11.4. The number of ether oxygens (including phenoxy) is 3. The van der Waals surface area contributed by atoms with E-state index in [2.05, 4.69) is 43.0 Å². The van der Waals surface area contributed by atoms with Gasteiger partial charge < -0.3 is 14.2 Å². The lowest BCUT2D eigenvalue weighted by Gasteiger charge is -2.58. The van der Waals surface area contributed by atoms with Gasteiger partial charge in [-0.15, -0.1) is 0 Å². The van der Waals surface area contributed by atoms with E-state index in [4.69, 9.17) is 14.2 Å². The Kier molecular flexibility index (Phi) is 4.40. The fourth-order valence-electron chi connectivity index (χ4n) is 5.45. The van der Waals surface area contributed by atoms with E-state index in [1.165, 1.54) is 5.56 Å². The number of hydrogen-bond donors (Lipinski definition) is 0. The van der Waals surface area contributed by atoms with Crippen LogP contribution in [0.5, 0.6) is 11.5 Å². The third-order valence-electron chi connectivity index (χ3n) is 6.92. The van der Waals surface area contributed by atoms with Gasteiger partial charge in [0.05, 0.1) is 26.0 Å². The molecule has 0 radical (unpaired) electrons. The summed E-state index contributed by atoms with van der Waals surface area (Å²) in [6, 6.07) is 6.12. The highest BCUT2D eigenvalue weighted by Crippen LogP contribution is 2.56. The van der Waals surface area contributed by atoms with Crippen LogP contribution in [-0.4, -0.2) is 47.1 Å². The van der Waals surface area contributed by atoms with E-state index < -0.39 is 0 Å². The highest BCUT2D eigenvalue weighted by molar-refractivity contribution is 5.50. The smallest absolute Gasteiger partial charge is 0.167 e. The number of methoxy groups -OCH3 is 1. The minimum atomic E-state index is -0.289. The quantitative estimate of drug-likeness (QED) is 0.788. The zero-order valence-electron chi connectivity index (χ0n) is 17.9. The molecule has 1 aromatic heterocycles. The molecule has 156 valence electrons. The van der Waals surface area contributed by atoms with Crippen molar-refractivity contribution in [2.75, 3.05) is 26.8 Å². The van der Waals surface area contributed by atoms with Crippen LogP contribution >= 0.6 is 0 Å². The minimum Gasteiger partial charge on any atom is -0.493 e. The molecule has 1 aromatic carbocycles. The monoisotopic (exact) mass is 397 g/mol. The van der Waals surface area contributed by atoms with E-state index in [1.807, 2.05) is 23.0 Å². The number of benzene rings is 1. The zero-order valence-corrected chi connectivity index (χ0v) is 17.9. The van der Waals surface area contributed by atoms with Gasteiger partial charge in [-0.3, -0.25) is 9.58 Å². The normalized spacial score (nSPS) is 26.9. The van der Waals surface area contributed by atoms with Crippen molar-refractivity contribution < 1.29 is 14.2 Å². The number of rotatable bonds is 4. The number of likely N-dealkylation sites (tertiary alicyclic amines) is 1. The fourth-order valence-corrected chi connectivity index (χ4v) is 5.45. The minimum absolute atomic E-state index is 0.0753. The average Bonchev–Trinajstić information content (AvgIpc) is 3.14. The maximum atomic E-state index is 6.54. The first-order chi connectivity index (χ1) is 13.9. The molecule has 2 atom stereocenters. The van der Waals surface area contributed by atoms with Gasteiger partial charge in [-0.2, -0.15) is 5.10 Å². The zero-order chi connectivity index (χ0) is 20.2. The molecule has 2 fully saturated rings. The molecule has 0 unspecified atom stereocenters. The summed E-state index contributed by atoms with van der Waals surface area (Å²) in [5, 5.41) is 4.40. The molecule has 1 spiro atoms. The molecule has 2 saturated heterocycles. The van der Waals surface area contributed by atoms with Gasteiger partial charge in [-0.05, 0) is 33.3 Å². The van der Waals surface area contributed by atoms with E-state index in [0.717, 1.165) is 56.3 Å². The first-order valence-corrected chi connectivity index (χ1v) is 10.6. The maximum absolute atomic E-state index is 6.54. The van der Waals surface area contributed by atoms with Gasteiger partial charge in [-0.1, -0.05) is 12.1 Å². The van der Waals surface area contributed by atoms with Crippen molar-refractivity contribution in [3.63, 3.8) is 0 Å². The molecule has 0 bridgehead atoms. The molecular weight excluding hydrogens is 366 g/mol. The van der Waals surface area contributed by atoms with Gasteiger partial charge in [0.2, 0.25) is 0 Å². The second-order valence-corrected chi connectivity index (χ2v) is 9.48. The molecule has 29 heavy (non-hydrogen) atoms. The third kappa shape index (κ3) is 3.13. The Labute approximate surface area is 172 Å². The number of nitrogens with zero attached hydrogens (tertiary/aromatic N) is 3. The Morgan fingerprint density at radius 3 is 2.83 bits per heavy atom. The van der Waals surface area contributed by atoms with Crippen LogP contribution in [0, 0.1) is 11.3 Å². The molecule has 6 heteroatoms. The predicted octanol–water partition coefficient (Wildman–Crippen LogP) is 3.66. The Balaban J connectivity index is 1.31. The van der Waals surface area contributed by atoms with Crippen molar-refractivity contribution >= 4 is 0 Å². The maximum Gasteiger partial charge on any atom is 0.167 e. The summed E-state index contributed by atoms with van der Waals surface area (Å²) in [6.07, 6.45) is 5.35. The molecule has 3 aliphatic heterocycles. The number of fused-ring (bicyclic) bond motifs is 3. The van der Waals surface area contributed by atoms with Crippen LogP contribution in [0.25, 0.3) is 0 Å². The standard InChI is InChI=1S/C23H31N3O3/c1-5-26-12-16(10-24-26)11-25-13-23(14-25)9-18-20(28-15-23)17-7-6-8-19(27-4)21(17)29-22(18,2)3/h6-8,10,12,18,20H,5,9,11,13-15H2,1-4H3/t18-,20+/m0/s1. The van der Waals surface area contributed by atoms with Crippen molar-refractivity contribution in [2.45, 2.75) is 52.0 Å². The largest absolute Gasteiger partial charge is 0.493 e. The number of aryl methyl sites for hydroxylation is 1. The summed E-state index contributed by atoms with van der Waals surface area (Å²) in [5.74, 6) is 1.97. The van der Waals surface area contributed by atoms with E-state index in [9.17, 15) is 0 Å². The molecule has 6 nitrogen and oxygen atoms in total. The van der Waals surface area contributed by atoms with Crippen LogP contribution in [0.15, 0.2) is 30.6 Å².